The molecule has 0 unspecified atom stereocenters. The molecule has 6 heteroatoms. The highest BCUT2D eigenvalue weighted by Gasteiger charge is 2.08. The van der Waals surface area contributed by atoms with Crippen LogP contribution in [0.25, 0.3) is 11.1 Å². The Labute approximate surface area is 116 Å². The van der Waals surface area contributed by atoms with Crippen LogP contribution in [0.5, 0.6) is 5.75 Å². The topological polar surface area (TPSA) is 53.1 Å². The van der Waals surface area contributed by atoms with Crippen LogP contribution in [0.3, 0.4) is 0 Å². The lowest BCUT2D eigenvalue weighted by atomic mass is 10.1. The first-order valence-electron chi connectivity index (χ1n) is 6.34. The van der Waals surface area contributed by atoms with Crippen LogP contribution in [0.4, 0.5) is 8.78 Å². The quantitative estimate of drug-likeness (QED) is 0.885. The van der Waals surface area contributed by atoms with Crippen LogP contribution in [0.1, 0.15) is 5.56 Å². The number of nitrogens with zero attached hydrogens (tertiary/aromatic N) is 2. The van der Waals surface area contributed by atoms with Gasteiger partial charge in [-0.15, -0.1) is 0 Å². The number of hydrogen-bond donors (Lipinski definition) is 1. The molecule has 0 atom stereocenters. The first-order valence-corrected chi connectivity index (χ1v) is 6.34. The third-order valence-corrected chi connectivity index (χ3v) is 2.88. The Bertz CT molecular complexity index is 569. The number of alkyl halides is 2. The van der Waals surface area contributed by atoms with E-state index in [1.807, 2.05) is 25.3 Å². The van der Waals surface area contributed by atoms with Crippen LogP contribution < -0.4 is 10.5 Å². The summed E-state index contributed by atoms with van der Waals surface area (Å²) in [5.41, 5.74) is 8.07. The number of hydrogen-bond acceptors (Lipinski definition) is 3. The molecule has 0 aliphatic heterocycles. The lowest BCUT2D eigenvalue weighted by Crippen LogP contribution is -2.09. The fourth-order valence-corrected chi connectivity index (χ4v) is 1.86. The Balaban J connectivity index is 2.20. The molecule has 20 heavy (non-hydrogen) atoms. The van der Waals surface area contributed by atoms with E-state index in [2.05, 4.69) is 5.10 Å². The van der Waals surface area contributed by atoms with E-state index >= 15 is 0 Å². The second kappa shape index (κ2) is 6.47. The summed E-state index contributed by atoms with van der Waals surface area (Å²) in [6.07, 6.45) is 1.11. The van der Waals surface area contributed by atoms with E-state index in [9.17, 15) is 8.78 Å². The lowest BCUT2D eigenvalue weighted by Gasteiger charge is -2.10. The molecule has 0 bridgehead atoms. The lowest BCUT2D eigenvalue weighted by molar-refractivity contribution is 0.0816. The normalized spacial score (nSPS) is 11.1. The molecule has 0 spiro atoms. The molecule has 1 aromatic carbocycles. The van der Waals surface area contributed by atoms with Crippen molar-refractivity contribution in [3.8, 4) is 16.9 Å². The average Bonchev–Trinajstić information content (AvgIpc) is 2.87. The summed E-state index contributed by atoms with van der Waals surface area (Å²) < 4.78 is 31.3. The number of aryl methyl sites for hydroxylation is 1. The van der Waals surface area contributed by atoms with Gasteiger partial charge in [-0.1, -0.05) is 12.1 Å². The van der Waals surface area contributed by atoms with E-state index in [1.54, 1.807) is 16.9 Å². The van der Waals surface area contributed by atoms with Gasteiger partial charge in [-0.05, 0) is 24.1 Å². The summed E-state index contributed by atoms with van der Waals surface area (Å²) in [6, 6.07) is 5.51. The molecule has 2 aromatic rings. The molecule has 0 radical (unpaired) electrons. The SMILES string of the molecule is Cc1ccc(-c2cnn(CCN)c2)cc1OCC(F)F. The van der Waals surface area contributed by atoms with Gasteiger partial charge in [-0.25, -0.2) is 8.78 Å². The number of halogens is 2. The minimum absolute atomic E-state index is 0.467. The number of benzene rings is 1. The van der Waals surface area contributed by atoms with Crippen molar-refractivity contribution >= 4 is 0 Å². The smallest absolute Gasteiger partial charge is 0.272 e. The number of aromatic nitrogens is 2. The largest absolute Gasteiger partial charge is 0.487 e. The standard InChI is InChI=1S/C14H17F2N3O/c1-10-2-3-11(6-13(10)20-9-14(15)16)12-7-18-19(8-12)5-4-17/h2-3,6-8,14H,4-5,9,17H2,1H3. The van der Waals surface area contributed by atoms with Crippen molar-refractivity contribution in [1.82, 2.24) is 9.78 Å². The molecule has 108 valence electrons. The highest BCUT2D eigenvalue weighted by molar-refractivity contribution is 5.64. The van der Waals surface area contributed by atoms with E-state index in [0.717, 1.165) is 16.7 Å². The third kappa shape index (κ3) is 3.54. The van der Waals surface area contributed by atoms with E-state index in [1.165, 1.54) is 0 Å². The Morgan fingerprint density at radius 1 is 1.35 bits per heavy atom. The molecule has 1 heterocycles. The van der Waals surface area contributed by atoms with Gasteiger partial charge in [0.1, 0.15) is 12.4 Å². The van der Waals surface area contributed by atoms with Crippen LogP contribution in [-0.4, -0.2) is 29.4 Å². The maximum absolute atomic E-state index is 12.2. The number of ether oxygens (including phenoxy) is 1. The summed E-state index contributed by atoms with van der Waals surface area (Å²) in [5.74, 6) is 0.467. The Kier molecular flexibility index (Phi) is 4.68. The molecule has 0 saturated carbocycles. The zero-order valence-electron chi connectivity index (χ0n) is 11.2. The molecule has 0 aliphatic carbocycles. The van der Waals surface area contributed by atoms with Crippen molar-refractivity contribution < 1.29 is 13.5 Å². The maximum Gasteiger partial charge on any atom is 0.272 e. The Morgan fingerprint density at radius 2 is 2.15 bits per heavy atom. The van der Waals surface area contributed by atoms with Gasteiger partial charge in [0.15, 0.2) is 0 Å². The second-order valence-electron chi connectivity index (χ2n) is 4.46. The first kappa shape index (κ1) is 14.5. The zero-order chi connectivity index (χ0) is 14.5. The fraction of sp³-hybridized carbons (Fsp3) is 0.357. The van der Waals surface area contributed by atoms with E-state index < -0.39 is 13.0 Å². The molecular weight excluding hydrogens is 264 g/mol. The Hall–Kier alpha value is -1.95. The van der Waals surface area contributed by atoms with Gasteiger partial charge in [0.2, 0.25) is 0 Å². The van der Waals surface area contributed by atoms with Gasteiger partial charge < -0.3 is 10.5 Å². The highest BCUT2D eigenvalue weighted by Crippen LogP contribution is 2.27. The summed E-state index contributed by atoms with van der Waals surface area (Å²) >= 11 is 0. The van der Waals surface area contributed by atoms with Crippen molar-refractivity contribution in [2.75, 3.05) is 13.2 Å². The first-order chi connectivity index (χ1) is 9.60. The molecule has 4 nitrogen and oxygen atoms in total. The van der Waals surface area contributed by atoms with Crippen molar-refractivity contribution in [1.29, 1.82) is 0 Å². The van der Waals surface area contributed by atoms with Crippen LogP contribution >= 0.6 is 0 Å². The van der Waals surface area contributed by atoms with Gasteiger partial charge >= 0.3 is 0 Å². The van der Waals surface area contributed by atoms with Crippen LogP contribution in [-0.2, 0) is 6.54 Å². The molecule has 2 N–H and O–H groups in total. The van der Waals surface area contributed by atoms with Crippen molar-refractivity contribution in [3.05, 3.63) is 36.2 Å². The second-order valence-corrected chi connectivity index (χ2v) is 4.46. The number of rotatable bonds is 6. The maximum atomic E-state index is 12.2. The zero-order valence-corrected chi connectivity index (χ0v) is 11.2. The van der Waals surface area contributed by atoms with Gasteiger partial charge in [0, 0.05) is 18.3 Å². The number of nitrogens with two attached hydrogens (primary N) is 1. The van der Waals surface area contributed by atoms with Gasteiger partial charge in [0.05, 0.1) is 12.7 Å². The minimum Gasteiger partial charge on any atom is -0.487 e. The summed E-state index contributed by atoms with van der Waals surface area (Å²) in [5, 5.41) is 4.18. The van der Waals surface area contributed by atoms with Crippen molar-refractivity contribution in [2.45, 2.75) is 19.9 Å². The van der Waals surface area contributed by atoms with Gasteiger partial charge in [-0.2, -0.15) is 5.10 Å². The Morgan fingerprint density at radius 3 is 2.85 bits per heavy atom. The molecule has 2 rings (SSSR count). The highest BCUT2D eigenvalue weighted by atomic mass is 19.3. The fourth-order valence-electron chi connectivity index (χ4n) is 1.86. The van der Waals surface area contributed by atoms with E-state index in [4.69, 9.17) is 10.5 Å². The van der Waals surface area contributed by atoms with Crippen LogP contribution in [0.2, 0.25) is 0 Å². The third-order valence-electron chi connectivity index (χ3n) is 2.88. The summed E-state index contributed by atoms with van der Waals surface area (Å²) in [7, 11) is 0. The summed E-state index contributed by atoms with van der Waals surface area (Å²) in [6.45, 7) is 2.37. The molecule has 0 aliphatic rings. The molecule has 0 amide bonds. The van der Waals surface area contributed by atoms with Crippen molar-refractivity contribution in [2.24, 2.45) is 5.73 Å². The van der Waals surface area contributed by atoms with Gasteiger partial charge in [0.25, 0.3) is 6.43 Å². The monoisotopic (exact) mass is 281 g/mol. The molecular formula is C14H17F2N3O. The summed E-state index contributed by atoms with van der Waals surface area (Å²) in [4.78, 5) is 0. The van der Waals surface area contributed by atoms with Gasteiger partial charge in [-0.3, -0.25) is 4.68 Å². The van der Waals surface area contributed by atoms with E-state index in [-0.39, 0.29) is 0 Å². The molecule has 0 saturated heterocycles. The molecule has 0 fully saturated rings. The van der Waals surface area contributed by atoms with Crippen molar-refractivity contribution in [3.63, 3.8) is 0 Å². The average molecular weight is 281 g/mol. The predicted molar refractivity (Wildman–Crippen MR) is 73.0 cm³/mol. The minimum atomic E-state index is -2.48. The van der Waals surface area contributed by atoms with Crippen LogP contribution in [0, 0.1) is 6.92 Å². The van der Waals surface area contributed by atoms with E-state index in [0.29, 0.717) is 18.8 Å². The predicted octanol–water partition coefficient (Wildman–Crippen LogP) is 2.46. The molecule has 1 aromatic heterocycles. The van der Waals surface area contributed by atoms with Crippen LogP contribution in [0.15, 0.2) is 30.6 Å².